The molecule has 0 aromatic rings. The van der Waals surface area contributed by atoms with Crippen LogP contribution < -0.4 is 4.72 Å². The Hall–Kier alpha value is -1.15. The van der Waals surface area contributed by atoms with Gasteiger partial charge in [-0.05, 0) is 77.6 Å². The molecule has 3 aliphatic carbocycles. The fraction of sp³-hybridized carbons (Fsp3) is 0.905. The number of hydrogen-bond acceptors (Lipinski definition) is 4. The van der Waals surface area contributed by atoms with Gasteiger partial charge in [0.15, 0.2) is 0 Å². The van der Waals surface area contributed by atoms with Gasteiger partial charge in [0.2, 0.25) is 10.0 Å². The Morgan fingerprint density at radius 1 is 1.10 bits per heavy atom. The van der Waals surface area contributed by atoms with Crippen molar-refractivity contribution in [3.63, 3.8) is 0 Å². The zero-order valence-electron chi connectivity index (χ0n) is 17.9. The Labute approximate surface area is 174 Å². The van der Waals surface area contributed by atoms with E-state index in [0.717, 1.165) is 51.5 Å². The average molecular weight is 426 g/mol. The van der Waals surface area contributed by atoms with E-state index in [4.69, 9.17) is 0 Å². The minimum Gasteiger partial charge on any atom is -0.323 e. The molecule has 1 saturated heterocycles. The molecule has 3 atom stereocenters. The van der Waals surface area contributed by atoms with Crippen LogP contribution in [0.4, 0.5) is 4.79 Å². The molecule has 7 nitrogen and oxygen atoms in total. The standard InChI is InChI=1S/C21H35N3O4S/c1-14(25)16-6-4-15(5-7-16)13-24-18-9-8-17(12-19(18)23(3)20(24)26)29(27,28)22-21(2)10-11-21/h15-19,22H,4-13H2,1-3H3. The molecular formula is C21H35N3O4S. The summed E-state index contributed by atoms with van der Waals surface area (Å²) in [4.78, 5) is 28.3. The van der Waals surface area contributed by atoms with Crippen LogP contribution in [0.5, 0.6) is 0 Å². The van der Waals surface area contributed by atoms with Crippen LogP contribution in [0.2, 0.25) is 0 Å². The van der Waals surface area contributed by atoms with Gasteiger partial charge >= 0.3 is 6.03 Å². The maximum atomic E-state index is 12.9. The fourth-order valence-electron chi connectivity index (χ4n) is 5.60. The van der Waals surface area contributed by atoms with Crippen molar-refractivity contribution in [3.8, 4) is 0 Å². The number of sulfonamides is 1. The lowest BCUT2D eigenvalue weighted by molar-refractivity contribution is -0.121. The molecule has 1 N–H and O–H groups in total. The molecule has 0 radical (unpaired) electrons. The van der Waals surface area contributed by atoms with Gasteiger partial charge in [0.1, 0.15) is 5.78 Å². The van der Waals surface area contributed by atoms with E-state index in [9.17, 15) is 18.0 Å². The summed E-state index contributed by atoms with van der Waals surface area (Å²) in [6, 6.07) is 0.119. The van der Waals surface area contributed by atoms with E-state index < -0.39 is 15.3 Å². The van der Waals surface area contributed by atoms with E-state index in [-0.39, 0.29) is 35.4 Å². The number of hydrogen-bond donors (Lipinski definition) is 1. The number of rotatable bonds is 6. The number of carbonyl (C=O) groups is 2. The van der Waals surface area contributed by atoms with Gasteiger partial charge in [-0.1, -0.05) is 0 Å². The van der Waals surface area contributed by atoms with E-state index in [0.29, 0.717) is 18.8 Å². The minimum atomic E-state index is -3.36. The highest BCUT2D eigenvalue weighted by atomic mass is 32.2. The third-order valence-electron chi connectivity index (χ3n) is 7.88. The molecule has 29 heavy (non-hydrogen) atoms. The first kappa shape index (κ1) is 21.1. The third-order valence-corrected chi connectivity index (χ3v) is 9.97. The molecule has 4 fully saturated rings. The zero-order chi connectivity index (χ0) is 21.0. The maximum Gasteiger partial charge on any atom is 0.320 e. The highest BCUT2D eigenvalue weighted by Crippen LogP contribution is 2.40. The lowest BCUT2D eigenvalue weighted by Crippen LogP contribution is -2.50. The van der Waals surface area contributed by atoms with Gasteiger partial charge < -0.3 is 9.80 Å². The molecule has 2 amide bonds. The van der Waals surface area contributed by atoms with Crippen molar-refractivity contribution in [2.45, 2.75) is 94.5 Å². The number of carbonyl (C=O) groups excluding carboxylic acids is 2. The molecule has 0 aromatic carbocycles. The van der Waals surface area contributed by atoms with Crippen molar-refractivity contribution < 1.29 is 18.0 Å². The van der Waals surface area contributed by atoms with Gasteiger partial charge in [-0.2, -0.15) is 0 Å². The monoisotopic (exact) mass is 425 g/mol. The number of nitrogens with one attached hydrogen (secondary N) is 1. The lowest BCUT2D eigenvalue weighted by atomic mass is 9.80. The number of ketones is 1. The van der Waals surface area contributed by atoms with Gasteiger partial charge in [-0.15, -0.1) is 0 Å². The number of amides is 2. The van der Waals surface area contributed by atoms with Crippen LogP contribution in [-0.2, 0) is 14.8 Å². The number of urea groups is 1. The highest BCUT2D eigenvalue weighted by Gasteiger charge is 2.51. The van der Waals surface area contributed by atoms with Crippen LogP contribution in [0.15, 0.2) is 0 Å². The van der Waals surface area contributed by atoms with E-state index in [1.807, 2.05) is 18.9 Å². The third kappa shape index (κ3) is 4.20. The number of fused-ring (bicyclic) bond motifs is 1. The molecule has 1 aliphatic heterocycles. The van der Waals surface area contributed by atoms with Gasteiger partial charge in [-0.3, -0.25) is 4.79 Å². The average Bonchev–Trinajstić information content (AvgIpc) is 3.35. The summed E-state index contributed by atoms with van der Waals surface area (Å²) in [5.74, 6) is 0.922. The molecule has 3 saturated carbocycles. The van der Waals surface area contributed by atoms with Gasteiger partial charge in [0.05, 0.1) is 17.3 Å². The second kappa shape index (κ2) is 7.52. The van der Waals surface area contributed by atoms with Gasteiger partial charge in [-0.25, -0.2) is 17.9 Å². The topological polar surface area (TPSA) is 86.8 Å². The molecule has 164 valence electrons. The van der Waals surface area contributed by atoms with Crippen molar-refractivity contribution in [2.24, 2.45) is 11.8 Å². The van der Waals surface area contributed by atoms with Crippen LogP contribution in [0.1, 0.15) is 71.6 Å². The smallest absolute Gasteiger partial charge is 0.320 e. The van der Waals surface area contributed by atoms with E-state index in [1.165, 1.54) is 0 Å². The highest BCUT2D eigenvalue weighted by molar-refractivity contribution is 7.90. The SMILES string of the molecule is CC(=O)C1CCC(CN2C(=O)N(C)C3CC(S(=O)(=O)NC4(C)CC4)CCC32)CC1. The summed E-state index contributed by atoms with van der Waals surface area (Å²) in [6.07, 6.45) is 7.53. The predicted octanol–water partition coefficient (Wildman–Crippen LogP) is 2.51. The Kier molecular flexibility index (Phi) is 5.47. The first-order chi connectivity index (χ1) is 13.6. The first-order valence-corrected chi connectivity index (χ1v) is 12.7. The van der Waals surface area contributed by atoms with Gasteiger partial charge in [0, 0.05) is 25.0 Å². The largest absolute Gasteiger partial charge is 0.323 e. The molecule has 0 bridgehead atoms. The molecule has 1 heterocycles. The summed E-state index contributed by atoms with van der Waals surface area (Å²) in [7, 11) is -1.54. The normalized spacial score (nSPS) is 36.8. The van der Waals surface area contributed by atoms with E-state index >= 15 is 0 Å². The fourth-order valence-corrected chi connectivity index (χ4v) is 7.56. The summed E-state index contributed by atoms with van der Waals surface area (Å²) in [6.45, 7) is 4.38. The molecular weight excluding hydrogens is 390 g/mol. The molecule has 0 aromatic heterocycles. The molecule has 0 spiro atoms. The first-order valence-electron chi connectivity index (χ1n) is 11.2. The lowest BCUT2D eigenvalue weighted by Gasteiger charge is -2.37. The summed E-state index contributed by atoms with van der Waals surface area (Å²) < 4.78 is 28.6. The molecule has 8 heteroatoms. The van der Waals surface area contributed by atoms with E-state index in [1.54, 1.807) is 11.8 Å². The molecule has 4 rings (SSSR count). The second-order valence-electron chi connectivity index (χ2n) is 10.2. The van der Waals surface area contributed by atoms with Crippen molar-refractivity contribution in [2.75, 3.05) is 13.6 Å². The summed E-state index contributed by atoms with van der Waals surface area (Å²) >= 11 is 0. The molecule has 4 aliphatic rings. The Morgan fingerprint density at radius 2 is 1.76 bits per heavy atom. The van der Waals surface area contributed by atoms with Crippen LogP contribution in [-0.4, -0.2) is 66.5 Å². The van der Waals surface area contributed by atoms with Gasteiger partial charge in [0.25, 0.3) is 0 Å². The van der Waals surface area contributed by atoms with Crippen molar-refractivity contribution in [3.05, 3.63) is 0 Å². The van der Waals surface area contributed by atoms with Crippen molar-refractivity contribution in [1.82, 2.24) is 14.5 Å². The predicted molar refractivity (Wildman–Crippen MR) is 111 cm³/mol. The number of nitrogens with zero attached hydrogens (tertiary/aromatic N) is 2. The van der Waals surface area contributed by atoms with Crippen LogP contribution in [0.25, 0.3) is 0 Å². The van der Waals surface area contributed by atoms with Crippen molar-refractivity contribution >= 4 is 21.8 Å². The van der Waals surface area contributed by atoms with Crippen LogP contribution in [0, 0.1) is 11.8 Å². The Morgan fingerprint density at radius 3 is 2.34 bits per heavy atom. The van der Waals surface area contributed by atoms with Crippen LogP contribution in [0.3, 0.4) is 0 Å². The van der Waals surface area contributed by atoms with E-state index in [2.05, 4.69) is 4.72 Å². The Bertz CT molecular complexity index is 771. The maximum absolute atomic E-state index is 12.9. The van der Waals surface area contributed by atoms with Crippen LogP contribution >= 0.6 is 0 Å². The number of Topliss-reactive ketones (excluding diaryl/α,β-unsaturated/α-hetero) is 1. The van der Waals surface area contributed by atoms with Crippen molar-refractivity contribution in [1.29, 1.82) is 0 Å². The summed E-state index contributed by atoms with van der Waals surface area (Å²) in [5.41, 5.74) is -0.252. The molecule has 3 unspecified atom stereocenters. The number of likely N-dealkylation sites (N-methyl/N-ethyl adjacent to an activating group) is 1. The zero-order valence-corrected chi connectivity index (χ0v) is 18.7. The Balaban J connectivity index is 1.38. The summed E-state index contributed by atoms with van der Waals surface area (Å²) in [5, 5.41) is -0.414. The second-order valence-corrected chi connectivity index (χ2v) is 12.1. The minimum absolute atomic E-state index is 0.0293. The quantitative estimate of drug-likeness (QED) is 0.708.